The molecule has 0 N–H and O–H groups in total. The molecule has 0 bridgehead atoms. The Morgan fingerprint density at radius 2 is 1.04 bits per heavy atom. The lowest BCUT2D eigenvalue weighted by molar-refractivity contribution is 0.759. The molecule has 28 heavy (non-hydrogen) atoms. The van der Waals surface area contributed by atoms with Crippen LogP contribution in [0.25, 0.3) is 17.2 Å². The van der Waals surface area contributed by atoms with Crippen LogP contribution in [-0.4, -0.2) is 0 Å². The molecule has 1 aliphatic rings. The summed E-state index contributed by atoms with van der Waals surface area (Å²) in [5, 5.41) is 0. The fourth-order valence-electron chi connectivity index (χ4n) is 4.97. The van der Waals surface area contributed by atoms with Gasteiger partial charge in [-0.1, -0.05) is 110 Å². The fourth-order valence-corrected chi connectivity index (χ4v) is 4.97. The van der Waals surface area contributed by atoms with Gasteiger partial charge in [0.2, 0.25) is 0 Å². The second kappa shape index (κ2) is 6.35. The first kappa shape index (κ1) is 16.8. The average molecular weight is 358 g/mol. The zero-order chi connectivity index (χ0) is 19.1. The largest absolute Gasteiger partial charge is 0.0985 e. The van der Waals surface area contributed by atoms with Gasteiger partial charge in [-0.05, 0) is 51.4 Å². The lowest BCUT2D eigenvalue weighted by Gasteiger charge is -2.36. The second-order valence-corrected chi connectivity index (χ2v) is 7.45. The molecular weight excluding hydrogens is 336 g/mol. The van der Waals surface area contributed by atoms with E-state index < -0.39 is 0 Å². The van der Waals surface area contributed by atoms with E-state index >= 15 is 0 Å². The molecular formula is C28H22. The maximum absolute atomic E-state index is 4.12. The third-order valence-corrected chi connectivity index (χ3v) is 6.09. The van der Waals surface area contributed by atoms with Crippen molar-refractivity contribution in [1.82, 2.24) is 0 Å². The number of hydrogen-bond donors (Lipinski definition) is 0. The van der Waals surface area contributed by atoms with Gasteiger partial charge in [-0.15, -0.1) is 0 Å². The number of benzene rings is 4. The first-order chi connectivity index (χ1) is 13.8. The Morgan fingerprint density at radius 3 is 1.61 bits per heavy atom. The molecule has 1 aliphatic carbocycles. The van der Waals surface area contributed by atoms with Gasteiger partial charge in [0.1, 0.15) is 0 Å². The van der Waals surface area contributed by atoms with E-state index in [0.29, 0.717) is 0 Å². The van der Waals surface area contributed by atoms with E-state index in [1.807, 2.05) is 6.08 Å². The zero-order valence-corrected chi connectivity index (χ0v) is 16.0. The molecule has 0 heterocycles. The van der Waals surface area contributed by atoms with E-state index in [1.165, 1.54) is 44.5 Å². The second-order valence-electron chi connectivity index (χ2n) is 7.45. The Bertz CT molecular complexity index is 1150. The van der Waals surface area contributed by atoms with Crippen molar-refractivity contribution >= 4 is 6.08 Å². The van der Waals surface area contributed by atoms with Crippen molar-refractivity contribution in [2.75, 3.05) is 0 Å². The van der Waals surface area contributed by atoms with Crippen molar-refractivity contribution < 1.29 is 0 Å². The summed E-state index contributed by atoms with van der Waals surface area (Å²) in [5.74, 6) is 0. The van der Waals surface area contributed by atoms with Gasteiger partial charge in [-0.2, -0.15) is 0 Å². The molecule has 0 atom stereocenters. The van der Waals surface area contributed by atoms with Gasteiger partial charge in [0.15, 0.2) is 0 Å². The van der Waals surface area contributed by atoms with Crippen LogP contribution in [0.5, 0.6) is 0 Å². The Hall–Kier alpha value is -3.38. The molecule has 0 fully saturated rings. The molecule has 0 aliphatic heterocycles. The molecule has 0 saturated heterocycles. The van der Waals surface area contributed by atoms with Crippen molar-refractivity contribution in [1.29, 1.82) is 0 Å². The first-order valence-electron chi connectivity index (χ1n) is 9.76. The minimum absolute atomic E-state index is 0.344. The zero-order valence-electron chi connectivity index (χ0n) is 16.0. The van der Waals surface area contributed by atoms with Gasteiger partial charge < -0.3 is 0 Å². The lowest BCUT2D eigenvalue weighted by atomic mass is 9.65. The van der Waals surface area contributed by atoms with E-state index in [-0.39, 0.29) is 5.41 Å². The molecule has 0 saturated carbocycles. The minimum atomic E-state index is -0.344. The lowest BCUT2D eigenvalue weighted by Crippen LogP contribution is -2.30. The Balaban J connectivity index is 2.03. The third kappa shape index (κ3) is 2.12. The van der Waals surface area contributed by atoms with E-state index in [0.717, 1.165) is 0 Å². The topological polar surface area (TPSA) is 0 Å². The van der Waals surface area contributed by atoms with Crippen LogP contribution in [0.2, 0.25) is 0 Å². The normalized spacial score (nSPS) is 13.6. The summed E-state index contributed by atoms with van der Waals surface area (Å²) in [6.45, 7) is 6.34. The maximum Gasteiger partial charge on any atom is 0.0721 e. The van der Waals surface area contributed by atoms with Gasteiger partial charge in [0.25, 0.3) is 0 Å². The average Bonchev–Trinajstić information content (AvgIpc) is 3.05. The minimum Gasteiger partial charge on any atom is -0.0985 e. The quantitative estimate of drug-likeness (QED) is 0.326. The van der Waals surface area contributed by atoms with Gasteiger partial charge in [0, 0.05) is 0 Å². The summed E-state index contributed by atoms with van der Waals surface area (Å²) in [6.07, 6.45) is 1.99. The molecule has 5 rings (SSSR count). The van der Waals surface area contributed by atoms with Gasteiger partial charge in [0.05, 0.1) is 5.41 Å². The van der Waals surface area contributed by atoms with Crippen LogP contribution >= 0.6 is 0 Å². The Kier molecular flexibility index (Phi) is 3.80. The smallest absolute Gasteiger partial charge is 0.0721 e. The summed E-state index contributed by atoms with van der Waals surface area (Å²) in [5.41, 5.74) is 10.1. The molecule has 0 heteroatoms. The van der Waals surface area contributed by atoms with Crippen LogP contribution in [0, 0.1) is 6.92 Å². The summed E-state index contributed by atoms with van der Waals surface area (Å²) in [6, 6.07) is 35.2. The summed E-state index contributed by atoms with van der Waals surface area (Å²) >= 11 is 0. The number of hydrogen-bond acceptors (Lipinski definition) is 0. The summed E-state index contributed by atoms with van der Waals surface area (Å²) in [4.78, 5) is 0. The van der Waals surface area contributed by atoms with Crippen molar-refractivity contribution in [3.05, 3.63) is 137 Å². The van der Waals surface area contributed by atoms with Crippen LogP contribution < -0.4 is 0 Å². The molecule has 0 amide bonds. The highest BCUT2D eigenvalue weighted by atomic mass is 14.5. The molecule has 134 valence electrons. The first-order valence-corrected chi connectivity index (χ1v) is 9.76. The molecule has 0 nitrogen and oxygen atoms in total. The molecule has 4 aromatic rings. The predicted octanol–water partition coefficient (Wildman–Crippen LogP) is 7.00. The number of fused-ring (bicyclic) bond motifs is 3. The van der Waals surface area contributed by atoms with Crippen LogP contribution in [-0.2, 0) is 5.41 Å². The summed E-state index contributed by atoms with van der Waals surface area (Å²) in [7, 11) is 0. The standard InChI is InChI=1S/C28H22/c1-3-21-13-5-9-17-25(21)28(24-16-8-4-12-20(24)2)26-18-10-6-14-22(26)23-15-7-11-19-27(23)28/h3-19H,1H2,2H3. The fraction of sp³-hybridized carbons (Fsp3) is 0.0714. The van der Waals surface area contributed by atoms with E-state index in [1.54, 1.807) is 0 Å². The van der Waals surface area contributed by atoms with Gasteiger partial charge >= 0.3 is 0 Å². The predicted molar refractivity (Wildman–Crippen MR) is 119 cm³/mol. The maximum atomic E-state index is 4.12. The van der Waals surface area contributed by atoms with E-state index in [9.17, 15) is 0 Å². The Morgan fingerprint density at radius 1 is 0.571 bits per heavy atom. The van der Waals surface area contributed by atoms with Crippen molar-refractivity contribution in [3.8, 4) is 11.1 Å². The van der Waals surface area contributed by atoms with Crippen LogP contribution in [0.3, 0.4) is 0 Å². The van der Waals surface area contributed by atoms with Crippen LogP contribution in [0.15, 0.2) is 104 Å². The SMILES string of the molecule is C=Cc1ccccc1C1(c2ccccc2C)c2ccccc2-c2ccccc21. The Labute approximate surface area is 166 Å². The third-order valence-electron chi connectivity index (χ3n) is 6.09. The van der Waals surface area contributed by atoms with Gasteiger partial charge in [-0.3, -0.25) is 0 Å². The molecule has 0 spiro atoms. The molecule has 0 aromatic heterocycles. The van der Waals surface area contributed by atoms with Crippen molar-refractivity contribution in [2.24, 2.45) is 0 Å². The van der Waals surface area contributed by atoms with Crippen molar-refractivity contribution in [2.45, 2.75) is 12.3 Å². The number of rotatable bonds is 3. The highest BCUT2D eigenvalue weighted by Gasteiger charge is 2.47. The van der Waals surface area contributed by atoms with E-state index in [2.05, 4.69) is 111 Å². The highest BCUT2D eigenvalue weighted by Crippen LogP contribution is 2.57. The van der Waals surface area contributed by atoms with Crippen LogP contribution in [0.1, 0.15) is 33.4 Å². The monoisotopic (exact) mass is 358 g/mol. The van der Waals surface area contributed by atoms with E-state index in [4.69, 9.17) is 0 Å². The number of aryl methyl sites for hydroxylation is 1. The molecule has 0 radical (unpaired) electrons. The molecule has 0 unspecified atom stereocenters. The van der Waals surface area contributed by atoms with Gasteiger partial charge in [-0.25, -0.2) is 0 Å². The highest BCUT2D eigenvalue weighted by molar-refractivity contribution is 5.87. The van der Waals surface area contributed by atoms with Crippen LogP contribution in [0.4, 0.5) is 0 Å². The summed E-state index contributed by atoms with van der Waals surface area (Å²) < 4.78 is 0. The van der Waals surface area contributed by atoms with Crippen molar-refractivity contribution in [3.63, 3.8) is 0 Å². The molecule has 4 aromatic carbocycles.